The minimum Gasteiger partial charge on any atom is -0.324 e. The van der Waals surface area contributed by atoms with Crippen molar-refractivity contribution >= 4 is 11.6 Å². The van der Waals surface area contributed by atoms with Crippen molar-refractivity contribution in [1.82, 2.24) is 14.8 Å². The molecule has 0 bridgehead atoms. The van der Waals surface area contributed by atoms with E-state index in [1.165, 1.54) is 6.07 Å². The second kappa shape index (κ2) is 4.81. The van der Waals surface area contributed by atoms with Crippen LogP contribution in [-0.2, 0) is 13.1 Å². The molecule has 0 spiro atoms. The van der Waals surface area contributed by atoms with Gasteiger partial charge in [0.15, 0.2) is 5.82 Å². The maximum Gasteiger partial charge on any atom is 0.168 e. The molecule has 0 unspecified atom stereocenters. The van der Waals surface area contributed by atoms with E-state index in [4.69, 9.17) is 17.3 Å². The quantitative estimate of drug-likeness (QED) is 0.914. The molecule has 4 nitrogen and oxygen atoms in total. The van der Waals surface area contributed by atoms with Crippen LogP contribution in [0.5, 0.6) is 0 Å². The van der Waals surface area contributed by atoms with Crippen molar-refractivity contribution < 1.29 is 4.39 Å². The summed E-state index contributed by atoms with van der Waals surface area (Å²) in [6, 6.07) is 4.52. The van der Waals surface area contributed by atoms with E-state index >= 15 is 0 Å². The van der Waals surface area contributed by atoms with Crippen LogP contribution >= 0.6 is 11.6 Å². The summed E-state index contributed by atoms with van der Waals surface area (Å²) < 4.78 is 15.5. The van der Waals surface area contributed by atoms with E-state index in [1.807, 2.05) is 6.92 Å². The number of benzene rings is 1. The van der Waals surface area contributed by atoms with E-state index in [0.717, 1.165) is 0 Å². The molecule has 1 aromatic heterocycles. The Morgan fingerprint density at radius 2 is 2.18 bits per heavy atom. The van der Waals surface area contributed by atoms with E-state index in [9.17, 15) is 4.39 Å². The van der Waals surface area contributed by atoms with Gasteiger partial charge in [0.2, 0.25) is 0 Å². The number of hydrogen-bond donors (Lipinski definition) is 1. The van der Waals surface area contributed by atoms with Gasteiger partial charge in [0.05, 0.1) is 17.1 Å². The molecule has 1 aromatic carbocycles. The van der Waals surface area contributed by atoms with Crippen molar-refractivity contribution in [2.45, 2.75) is 20.0 Å². The van der Waals surface area contributed by atoms with Crippen molar-refractivity contribution in [2.75, 3.05) is 0 Å². The fraction of sp³-hybridized carbons (Fsp3) is 0.273. The lowest BCUT2D eigenvalue weighted by Gasteiger charge is -2.08. The molecule has 0 saturated carbocycles. The van der Waals surface area contributed by atoms with Crippen LogP contribution in [0.1, 0.15) is 12.7 Å². The summed E-state index contributed by atoms with van der Waals surface area (Å²) in [5.74, 6) is 0.612. The molecule has 6 heteroatoms. The van der Waals surface area contributed by atoms with E-state index < -0.39 is 5.82 Å². The molecule has 2 aromatic rings. The molecule has 90 valence electrons. The fourth-order valence-electron chi connectivity index (χ4n) is 1.71. The maximum atomic E-state index is 13.8. The molecule has 0 atom stereocenters. The third-order valence-corrected chi connectivity index (χ3v) is 2.83. The monoisotopic (exact) mass is 254 g/mol. The number of rotatable bonds is 3. The highest BCUT2D eigenvalue weighted by Crippen LogP contribution is 2.29. The molecular weight excluding hydrogens is 243 g/mol. The van der Waals surface area contributed by atoms with Crippen molar-refractivity contribution in [3.8, 4) is 11.4 Å². The van der Waals surface area contributed by atoms with Crippen molar-refractivity contribution in [3.63, 3.8) is 0 Å². The second-order valence-electron chi connectivity index (χ2n) is 3.48. The third-order valence-electron chi connectivity index (χ3n) is 2.51. The van der Waals surface area contributed by atoms with Crippen LogP contribution < -0.4 is 5.73 Å². The van der Waals surface area contributed by atoms with E-state index in [1.54, 1.807) is 16.7 Å². The Kier molecular flexibility index (Phi) is 3.40. The highest BCUT2D eigenvalue weighted by atomic mass is 35.5. The first-order chi connectivity index (χ1) is 8.19. The van der Waals surface area contributed by atoms with Crippen LogP contribution in [0.2, 0.25) is 5.02 Å². The van der Waals surface area contributed by atoms with Crippen LogP contribution in [0.15, 0.2) is 18.2 Å². The molecule has 2 N–H and O–H groups in total. The molecule has 0 radical (unpaired) electrons. The van der Waals surface area contributed by atoms with Gasteiger partial charge in [0.1, 0.15) is 11.6 Å². The van der Waals surface area contributed by atoms with Crippen LogP contribution in [-0.4, -0.2) is 14.8 Å². The average Bonchev–Trinajstić information content (AvgIpc) is 2.71. The van der Waals surface area contributed by atoms with Crippen LogP contribution in [0.25, 0.3) is 11.4 Å². The molecule has 0 aliphatic carbocycles. The summed E-state index contributed by atoms with van der Waals surface area (Å²) >= 11 is 5.99. The fourth-order valence-corrected chi connectivity index (χ4v) is 1.96. The third kappa shape index (κ3) is 2.03. The van der Waals surface area contributed by atoms with Gasteiger partial charge >= 0.3 is 0 Å². The maximum absolute atomic E-state index is 13.8. The number of nitrogens with zero attached hydrogens (tertiary/aromatic N) is 3. The molecule has 0 fully saturated rings. The molecule has 2 rings (SSSR count). The summed E-state index contributed by atoms with van der Waals surface area (Å²) in [7, 11) is 0. The lowest BCUT2D eigenvalue weighted by Crippen LogP contribution is -2.08. The van der Waals surface area contributed by atoms with Gasteiger partial charge in [0, 0.05) is 6.54 Å². The Morgan fingerprint density at radius 1 is 1.41 bits per heavy atom. The first-order valence-electron chi connectivity index (χ1n) is 5.25. The summed E-state index contributed by atoms with van der Waals surface area (Å²) in [6.45, 7) is 2.78. The largest absolute Gasteiger partial charge is 0.324 e. The zero-order chi connectivity index (χ0) is 12.4. The lowest BCUT2D eigenvalue weighted by atomic mass is 10.2. The summed E-state index contributed by atoms with van der Waals surface area (Å²) in [5, 5.41) is 8.20. The Morgan fingerprint density at radius 3 is 2.76 bits per heavy atom. The Labute approximate surface area is 103 Å². The normalized spacial score (nSPS) is 10.8. The first-order valence-corrected chi connectivity index (χ1v) is 5.63. The van der Waals surface area contributed by atoms with Gasteiger partial charge in [-0.1, -0.05) is 17.7 Å². The molecule has 0 aliphatic heterocycles. The summed E-state index contributed by atoms with van der Waals surface area (Å²) in [5.41, 5.74) is 5.81. The SMILES string of the molecule is CCn1c(CN)nnc1-c1c(F)cccc1Cl. The van der Waals surface area contributed by atoms with Crippen LogP contribution in [0.3, 0.4) is 0 Å². The zero-order valence-corrected chi connectivity index (χ0v) is 10.1. The standard InChI is InChI=1S/C11H12ClFN4/c1-2-17-9(6-14)15-16-11(17)10-7(12)4-3-5-8(10)13/h3-5H,2,6,14H2,1H3. The zero-order valence-electron chi connectivity index (χ0n) is 9.32. The Balaban J connectivity index is 2.64. The summed E-state index contributed by atoms with van der Waals surface area (Å²) in [4.78, 5) is 0. The molecule has 1 heterocycles. The number of aromatic nitrogens is 3. The highest BCUT2D eigenvalue weighted by Gasteiger charge is 2.17. The first kappa shape index (κ1) is 12.0. The predicted molar refractivity (Wildman–Crippen MR) is 64.0 cm³/mol. The highest BCUT2D eigenvalue weighted by molar-refractivity contribution is 6.33. The Bertz CT molecular complexity index is 518. The minimum atomic E-state index is -0.414. The van der Waals surface area contributed by atoms with Crippen molar-refractivity contribution in [3.05, 3.63) is 34.9 Å². The summed E-state index contributed by atoms with van der Waals surface area (Å²) in [6.07, 6.45) is 0. The number of hydrogen-bond acceptors (Lipinski definition) is 3. The molecule has 0 amide bonds. The second-order valence-corrected chi connectivity index (χ2v) is 3.89. The van der Waals surface area contributed by atoms with E-state index in [0.29, 0.717) is 23.2 Å². The predicted octanol–water partition coefficient (Wildman–Crippen LogP) is 2.22. The van der Waals surface area contributed by atoms with Crippen LogP contribution in [0.4, 0.5) is 4.39 Å². The van der Waals surface area contributed by atoms with Crippen LogP contribution in [0, 0.1) is 5.82 Å². The number of nitrogens with two attached hydrogens (primary N) is 1. The van der Waals surface area contributed by atoms with Crippen molar-refractivity contribution in [2.24, 2.45) is 5.73 Å². The van der Waals surface area contributed by atoms with Gasteiger partial charge in [-0.3, -0.25) is 0 Å². The van der Waals surface area contributed by atoms with Gasteiger partial charge in [-0.15, -0.1) is 10.2 Å². The number of halogens is 2. The smallest absolute Gasteiger partial charge is 0.168 e. The van der Waals surface area contributed by atoms with Gasteiger partial charge in [-0.05, 0) is 19.1 Å². The van der Waals surface area contributed by atoms with E-state index in [-0.39, 0.29) is 12.1 Å². The van der Waals surface area contributed by atoms with Gasteiger partial charge in [-0.25, -0.2) is 4.39 Å². The van der Waals surface area contributed by atoms with Gasteiger partial charge in [0.25, 0.3) is 0 Å². The molecule has 17 heavy (non-hydrogen) atoms. The van der Waals surface area contributed by atoms with Gasteiger partial charge in [-0.2, -0.15) is 0 Å². The molecular formula is C11H12ClFN4. The van der Waals surface area contributed by atoms with Gasteiger partial charge < -0.3 is 10.3 Å². The molecule has 0 saturated heterocycles. The average molecular weight is 255 g/mol. The Hall–Kier alpha value is -1.46. The van der Waals surface area contributed by atoms with Crippen molar-refractivity contribution in [1.29, 1.82) is 0 Å². The minimum absolute atomic E-state index is 0.257. The van der Waals surface area contributed by atoms with E-state index in [2.05, 4.69) is 10.2 Å². The lowest BCUT2D eigenvalue weighted by molar-refractivity contribution is 0.626. The topological polar surface area (TPSA) is 56.7 Å². The molecule has 0 aliphatic rings.